The van der Waals surface area contributed by atoms with Gasteiger partial charge in [-0.2, -0.15) is 0 Å². The van der Waals surface area contributed by atoms with Crippen LogP contribution in [0.25, 0.3) is 0 Å². The van der Waals surface area contributed by atoms with E-state index in [4.69, 9.17) is 9.47 Å². The first-order valence-electron chi connectivity index (χ1n) is 11.7. The Kier molecular flexibility index (Phi) is 6.40. The van der Waals surface area contributed by atoms with Gasteiger partial charge in [-0.1, -0.05) is 18.2 Å². The van der Waals surface area contributed by atoms with Gasteiger partial charge in [0, 0.05) is 25.2 Å². The van der Waals surface area contributed by atoms with E-state index in [0.717, 1.165) is 28.9 Å². The topological polar surface area (TPSA) is 59.1 Å². The average Bonchev–Trinajstić information content (AvgIpc) is 2.81. The van der Waals surface area contributed by atoms with Crippen LogP contribution in [0.15, 0.2) is 36.4 Å². The van der Waals surface area contributed by atoms with Crippen molar-refractivity contribution in [1.29, 1.82) is 0 Å². The predicted octanol–water partition coefficient (Wildman–Crippen LogP) is 4.19. The zero-order valence-corrected chi connectivity index (χ0v) is 19.4. The molecule has 0 N–H and O–H groups in total. The van der Waals surface area contributed by atoms with Gasteiger partial charge in [0.25, 0.3) is 5.91 Å². The van der Waals surface area contributed by atoms with E-state index in [-0.39, 0.29) is 17.9 Å². The fourth-order valence-corrected chi connectivity index (χ4v) is 5.07. The molecule has 0 saturated heterocycles. The molecule has 0 saturated carbocycles. The summed E-state index contributed by atoms with van der Waals surface area (Å²) in [5.41, 5.74) is 3.54. The van der Waals surface area contributed by atoms with Gasteiger partial charge >= 0.3 is 0 Å². The number of rotatable bonds is 7. The van der Waals surface area contributed by atoms with Gasteiger partial charge in [-0.25, -0.2) is 0 Å². The second kappa shape index (κ2) is 9.23. The standard InChI is InChI=1S/C26H32N2O4/c1-5-27(6-2)26(30)23-18-11-9-10-12-19(18)25(29)28-14-13-17-15-21(31-7-3)22(32-8-4)16-20(17)24(23)28/h9-12,15-16,23-24H,5-8,13-14H2,1-4H3/t23-,24+/m1/s1. The molecule has 0 unspecified atom stereocenters. The lowest BCUT2D eigenvalue weighted by Gasteiger charge is -2.46. The van der Waals surface area contributed by atoms with Crippen LogP contribution < -0.4 is 9.47 Å². The predicted molar refractivity (Wildman–Crippen MR) is 123 cm³/mol. The summed E-state index contributed by atoms with van der Waals surface area (Å²) in [5.74, 6) is 0.984. The van der Waals surface area contributed by atoms with E-state index in [0.29, 0.717) is 44.2 Å². The molecule has 32 heavy (non-hydrogen) atoms. The third-order valence-electron chi connectivity index (χ3n) is 6.53. The van der Waals surface area contributed by atoms with Crippen LogP contribution in [0.2, 0.25) is 0 Å². The summed E-state index contributed by atoms with van der Waals surface area (Å²) >= 11 is 0. The summed E-state index contributed by atoms with van der Waals surface area (Å²) in [6.07, 6.45) is 0.721. The number of fused-ring (bicyclic) bond motifs is 4. The Morgan fingerprint density at radius 3 is 2.31 bits per heavy atom. The van der Waals surface area contributed by atoms with E-state index in [1.54, 1.807) is 0 Å². The Morgan fingerprint density at radius 1 is 1.00 bits per heavy atom. The van der Waals surface area contributed by atoms with Gasteiger partial charge < -0.3 is 19.3 Å². The monoisotopic (exact) mass is 436 g/mol. The quantitative estimate of drug-likeness (QED) is 0.653. The Balaban J connectivity index is 1.91. The van der Waals surface area contributed by atoms with E-state index in [1.807, 2.05) is 73.9 Å². The molecule has 2 heterocycles. The Hall–Kier alpha value is -3.02. The second-order valence-electron chi connectivity index (χ2n) is 8.13. The van der Waals surface area contributed by atoms with E-state index < -0.39 is 5.92 Å². The molecule has 6 heteroatoms. The Bertz CT molecular complexity index is 1010. The van der Waals surface area contributed by atoms with Gasteiger partial charge in [0.2, 0.25) is 5.91 Å². The number of benzene rings is 2. The first kappa shape index (κ1) is 22.2. The van der Waals surface area contributed by atoms with E-state index >= 15 is 0 Å². The Morgan fingerprint density at radius 2 is 1.66 bits per heavy atom. The zero-order chi connectivity index (χ0) is 22.8. The number of hydrogen-bond acceptors (Lipinski definition) is 4. The highest BCUT2D eigenvalue weighted by Crippen LogP contribution is 2.48. The van der Waals surface area contributed by atoms with Gasteiger partial charge in [0.15, 0.2) is 11.5 Å². The van der Waals surface area contributed by atoms with Crippen LogP contribution in [0.4, 0.5) is 0 Å². The minimum atomic E-state index is -0.449. The highest BCUT2D eigenvalue weighted by Gasteiger charge is 2.47. The molecule has 0 fully saturated rings. The van der Waals surface area contributed by atoms with Crippen LogP contribution in [0, 0.1) is 0 Å². The van der Waals surface area contributed by atoms with Crippen LogP contribution in [0.5, 0.6) is 11.5 Å². The number of nitrogens with zero attached hydrogens (tertiary/aromatic N) is 2. The molecule has 2 atom stereocenters. The lowest BCUT2D eigenvalue weighted by atomic mass is 9.75. The van der Waals surface area contributed by atoms with Crippen LogP contribution in [-0.4, -0.2) is 54.5 Å². The molecule has 4 rings (SSSR count). The molecule has 0 spiro atoms. The summed E-state index contributed by atoms with van der Waals surface area (Å²) in [7, 11) is 0. The number of carbonyl (C=O) groups is 2. The van der Waals surface area contributed by atoms with Gasteiger partial charge in [-0.15, -0.1) is 0 Å². The maximum absolute atomic E-state index is 13.8. The largest absolute Gasteiger partial charge is 0.490 e. The van der Waals surface area contributed by atoms with Gasteiger partial charge in [0.05, 0.1) is 25.2 Å². The first-order chi connectivity index (χ1) is 15.5. The lowest BCUT2D eigenvalue weighted by Crippen LogP contribution is -2.50. The minimum absolute atomic E-state index is 0.00769. The second-order valence-corrected chi connectivity index (χ2v) is 8.13. The minimum Gasteiger partial charge on any atom is -0.490 e. The van der Waals surface area contributed by atoms with Crippen molar-refractivity contribution < 1.29 is 19.1 Å². The molecule has 0 radical (unpaired) electrons. The van der Waals surface area contributed by atoms with Crippen molar-refractivity contribution in [1.82, 2.24) is 9.80 Å². The molecule has 2 aliphatic heterocycles. The summed E-state index contributed by atoms with van der Waals surface area (Å²) in [4.78, 5) is 31.0. The van der Waals surface area contributed by atoms with Crippen LogP contribution in [-0.2, 0) is 11.2 Å². The van der Waals surface area contributed by atoms with Crippen molar-refractivity contribution in [3.8, 4) is 11.5 Å². The summed E-state index contributed by atoms with van der Waals surface area (Å²) < 4.78 is 11.7. The number of likely N-dealkylation sites (N-methyl/N-ethyl adjacent to an activating group) is 1. The van der Waals surface area contributed by atoms with E-state index in [9.17, 15) is 9.59 Å². The van der Waals surface area contributed by atoms with Crippen molar-refractivity contribution in [3.63, 3.8) is 0 Å². The van der Waals surface area contributed by atoms with Crippen molar-refractivity contribution in [2.45, 2.75) is 46.1 Å². The molecule has 0 aromatic heterocycles. The maximum atomic E-state index is 13.8. The number of hydrogen-bond donors (Lipinski definition) is 0. The van der Waals surface area contributed by atoms with Gasteiger partial charge in [0.1, 0.15) is 0 Å². The van der Waals surface area contributed by atoms with E-state index in [2.05, 4.69) is 0 Å². The third-order valence-corrected chi connectivity index (χ3v) is 6.53. The highest BCUT2D eigenvalue weighted by molar-refractivity contribution is 6.01. The summed E-state index contributed by atoms with van der Waals surface area (Å²) in [5, 5.41) is 0. The lowest BCUT2D eigenvalue weighted by molar-refractivity contribution is -0.134. The van der Waals surface area contributed by atoms with Crippen molar-refractivity contribution in [3.05, 3.63) is 58.7 Å². The van der Waals surface area contributed by atoms with E-state index in [1.165, 1.54) is 0 Å². The van der Waals surface area contributed by atoms with Gasteiger partial charge in [-0.3, -0.25) is 9.59 Å². The molecule has 2 aromatic carbocycles. The zero-order valence-electron chi connectivity index (χ0n) is 19.4. The molecular formula is C26H32N2O4. The molecular weight excluding hydrogens is 404 g/mol. The first-order valence-corrected chi connectivity index (χ1v) is 11.7. The smallest absolute Gasteiger partial charge is 0.254 e. The maximum Gasteiger partial charge on any atom is 0.254 e. The fraction of sp³-hybridized carbons (Fsp3) is 0.462. The van der Waals surface area contributed by atoms with Crippen molar-refractivity contribution in [2.75, 3.05) is 32.8 Å². The number of ether oxygens (including phenoxy) is 2. The van der Waals surface area contributed by atoms with Crippen LogP contribution in [0.1, 0.15) is 66.7 Å². The highest BCUT2D eigenvalue weighted by atomic mass is 16.5. The molecule has 2 aliphatic rings. The van der Waals surface area contributed by atoms with Crippen molar-refractivity contribution >= 4 is 11.8 Å². The average molecular weight is 437 g/mol. The fourth-order valence-electron chi connectivity index (χ4n) is 5.07. The molecule has 0 aliphatic carbocycles. The molecule has 170 valence electrons. The van der Waals surface area contributed by atoms with Crippen LogP contribution in [0.3, 0.4) is 0 Å². The molecule has 2 amide bonds. The molecule has 6 nitrogen and oxygen atoms in total. The Labute approximate surface area is 190 Å². The molecule has 0 bridgehead atoms. The van der Waals surface area contributed by atoms with Gasteiger partial charge in [-0.05, 0) is 69.0 Å². The summed E-state index contributed by atoms with van der Waals surface area (Å²) in [6, 6.07) is 11.2. The van der Waals surface area contributed by atoms with Crippen LogP contribution >= 0.6 is 0 Å². The SMILES string of the molecule is CCOc1cc2c(cc1OCC)[C@H]1[C@H](C(=O)N(CC)CC)c3ccccc3C(=O)N1CC2. The van der Waals surface area contributed by atoms with Crippen molar-refractivity contribution in [2.24, 2.45) is 0 Å². The normalized spacial score (nSPS) is 19.0. The summed E-state index contributed by atoms with van der Waals surface area (Å²) in [6.45, 7) is 10.8. The third kappa shape index (κ3) is 3.61. The molecule has 2 aromatic rings. The number of carbonyl (C=O) groups excluding carboxylic acids is 2. The number of amides is 2.